The molecule has 0 saturated heterocycles. The van der Waals surface area contributed by atoms with Gasteiger partial charge in [0.25, 0.3) is 0 Å². The highest BCUT2D eigenvalue weighted by Gasteiger charge is 2.94. The summed E-state index contributed by atoms with van der Waals surface area (Å²) in [5.74, 6) is -7.58. The standard InChI is InChI=1S/C8H11F4N.ClH/c9-7(10)6(8(7,11)12)3-1-5(13)2-4-6;/h5H,1-4,13H2;1H. The third-order valence-corrected chi connectivity index (χ3v) is 3.42. The summed E-state index contributed by atoms with van der Waals surface area (Å²) in [4.78, 5) is 0. The zero-order valence-corrected chi connectivity index (χ0v) is 8.22. The van der Waals surface area contributed by atoms with Crippen LogP contribution >= 0.6 is 12.4 Å². The van der Waals surface area contributed by atoms with Gasteiger partial charge in [0.15, 0.2) is 0 Å². The van der Waals surface area contributed by atoms with E-state index in [0.717, 1.165) is 0 Å². The van der Waals surface area contributed by atoms with Crippen LogP contribution in [-0.4, -0.2) is 17.9 Å². The summed E-state index contributed by atoms with van der Waals surface area (Å²) >= 11 is 0. The van der Waals surface area contributed by atoms with E-state index in [1.54, 1.807) is 0 Å². The molecule has 0 aromatic carbocycles. The van der Waals surface area contributed by atoms with Crippen LogP contribution in [-0.2, 0) is 0 Å². The molecule has 0 atom stereocenters. The maximum atomic E-state index is 12.8. The van der Waals surface area contributed by atoms with Crippen LogP contribution in [0.3, 0.4) is 0 Å². The third-order valence-electron chi connectivity index (χ3n) is 3.42. The van der Waals surface area contributed by atoms with Crippen LogP contribution in [0, 0.1) is 5.41 Å². The minimum atomic E-state index is -3.79. The first kappa shape index (κ1) is 12.0. The van der Waals surface area contributed by atoms with E-state index < -0.39 is 17.3 Å². The molecule has 0 aromatic rings. The third kappa shape index (κ3) is 1.05. The molecule has 2 fully saturated rings. The summed E-state index contributed by atoms with van der Waals surface area (Å²) in [5, 5.41) is 0. The van der Waals surface area contributed by atoms with Crippen LogP contribution in [0.5, 0.6) is 0 Å². The van der Waals surface area contributed by atoms with Gasteiger partial charge in [-0.25, -0.2) is 0 Å². The van der Waals surface area contributed by atoms with E-state index in [1.807, 2.05) is 0 Å². The minimum absolute atomic E-state index is 0. The Labute approximate surface area is 85.4 Å². The fraction of sp³-hybridized carbons (Fsp3) is 1.00. The van der Waals surface area contributed by atoms with Crippen molar-refractivity contribution in [1.82, 2.24) is 0 Å². The quantitative estimate of drug-likeness (QED) is 0.640. The number of rotatable bonds is 0. The molecule has 6 heteroatoms. The van der Waals surface area contributed by atoms with Gasteiger partial charge < -0.3 is 5.73 Å². The summed E-state index contributed by atoms with van der Waals surface area (Å²) < 4.78 is 51.1. The predicted molar refractivity (Wildman–Crippen MR) is 46.0 cm³/mol. The molecule has 0 aliphatic heterocycles. The Kier molecular flexibility index (Phi) is 2.56. The maximum absolute atomic E-state index is 12.8. The van der Waals surface area contributed by atoms with E-state index in [2.05, 4.69) is 0 Å². The molecule has 0 unspecified atom stereocenters. The average molecular weight is 234 g/mol. The molecule has 2 aliphatic rings. The van der Waals surface area contributed by atoms with E-state index in [4.69, 9.17) is 5.73 Å². The molecule has 84 valence electrons. The van der Waals surface area contributed by atoms with Gasteiger partial charge in [0.05, 0.1) is 0 Å². The highest BCUT2D eigenvalue weighted by molar-refractivity contribution is 5.85. The highest BCUT2D eigenvalue weighted by Crippen LogP contribution is 2.77. The molecule has 1 spiro atoms. The minimum Gasteiger partial charge on any atom is -0.328 e. The molecule has 0 aromatic heterocycles. The summed E-state index contributed by atoms with van der Waals surface area (Å²) in [5.41, 5.74) is 3.43. The largest absolute Gasteiger partial charge is 0.328 e. The number of hydrogen-bond donors (Lipinski definition) is 1. The smallest absolute Gasteiger partial charge is 0.322 e. The fourth-order valence-corrected chi connectivity index (χ4v) is 2.28. The van der Waals surface area contributed by atoms with Gasteiger partial charge >= 0.3 is 11.8 Å². The topological polar surface area (TPSA) is 26.0 Å². The highest BCUT2D eigenvalue weighted by atomic mass is 35.5. The molecule has 2 N–H and O–H groups in total. The molecule has 2 rings (SSSR count). The molecule has 1 nitrogen and oxygen atoms in total. The van der Waals surface area contributed by atoms with E-state index in [1.165, 1.54) is 0 Å². The second-order valence-electron chi connectivity index (χ2n) is 4.07. The van der Waals surface area contributed by atoms with Crippen LogP contribution < -0.4 is 5.73 Å². The summed E-state index contributed by atoms with van der Waals surface area (Å²) in [7, 11) is 0. The molecular formula is C8H12ClF4N. The molecule has 0 heterocycles. The van der Waals surface area contributed by atoms with Gasteiger partial charge in [0.2, 0.25) is 0 Å². The zero-order chi connectivity index (χ0) is 9.91. The van der Waals surface area contributed by atoms with Crippen molar-refractivity contribution >= 4 is 12.4 Å². The first-order valence-electron chi connectivity index (χ1n) is 4.36. The number of hydrogen-bond acceptors (Lipinski definition) is 1. The predicted octanol–water partition coefficient (Wildman–Crippen LogP) is 2.58. The summed E-state index contributed by atoms with van der Waals surface area (Å²) in [6, 6.07) is -0.183. The number of nitrogens with two attached hydrogens (primary N) is 1. The van der Waals surface area contributed by atoms with Gasteiger partial charge in [-0.2, -0.15) is 17.6 Å². The van der Waals surface area contributed by atoms with Crippen molar-refractivity contribution in [3.63, 3.8) is 0 Å². The van der Waals surface area contributed by atoms with E-state index in [0.29, 0.717) is 0 Å². The van der Waals surface area contributed by atoms with Gasteiger partial charge in [-0.1, -0.05) is 0 Å². The molecule has 0 bridgehead atoms. The second-order valence-corrected chi connectivity index (χ2v) is 4.07. The molecule has 14 heavy (non-hydrogen) atoms. The van der Waals surface area contributed by atoms with Gasteiger partial charge in [0.1, 0.15) is 5.41 Å². The lowest BCUT2D eigenvalue weighted by Gasteiger charge is -2.24. The molecular weight excluding hydrogens is 222 g/mol. The van der Waals surface area contributed by atoms with E-state index in [-0.39, 0.29) is 44.1 Å². The molecule has 2 saturated carbocycles. The van der Waals surface area contributed by atoms with Crippen LogP contribution in [0.25, 0.3) is 0 Å². The average Bonchev–Trinajstić information content (AvgIpc) is 2.35. The van der Waals surface area contributed by atoms with Crippen LogP contribution in [0.1, 0.15) is 25.7 Å². The Morgan fingerprint density at radius 1 is 0.929 bits per heavy atom. The fourth-order valence-electron chi connectivity index (χ4n) is 2.28. The first-order valence-corrected chi connectivity index (χ1v) is 4.36. The molecule has 0 amide bonds. The Bertz CT molecular complexity index is 219. The summed E-state index contributed by atoms with van der Waals surface area (Å²) in [6.07, 6.45) is 0.276. The lowest BCUT2D eigenvalue weighted by molar-refractivity contribution is -0.0278. The van der Waals surface area contributed by atoms with Crippen molar-refractivity contribution in [3.05, 3.63) is 0 Å². The van der Waals surface area contributed by atoms with Gasteiger partial charge in [-0.15, -0.1) is 12.4 Å². The number of halogens is 5. The zero-order valence-electron chi connectivity index (χ0n) is 7.40. The Balaban J connectivity index is 0.000000980. The first-order chi connectivity index (χ1) is 5.85. The molecule has 0 radical (unpaired) electrons. The van der Waals surface area contributed by atoms with Crippen molar-refractivity contribution in [2.75, 3.05) is 0 Å². The van der Waals surface area contributed by atoms with Crippen LogP contribution in [0.2, 0.25) is 0 Å². The Morgan fingerprint density at radius 2 is 1.29 bits per heavy atom. The van der Waals surface area contributed by atoms with Crippen LogP contribution in [0.4, 0.5) is 17.6 Å². The van der Waals surface area contributed by atoms with Gasteiger partial charge in [-0.05, 0) is 25.7 Å². The van der Waals surface area contributed by atoms with Crippen molar-refractivity contribution < 1.29 is 17.6 Å². The Hall–Kier alpha value is -0.0300. The lowest BCUT2D eigenvalue weighted by Crippen LogP contribution is -2.30. The van der Waals surface area contributed by atoms with Crippen molar-refractivity contribution in [1.29, 1.82) is 0 Å². The van der Waals surface area contributed by atoms with Gasteiger partial charge in [-0.3, -0.25) is 0 Å². The van der Waals surface area contributed by atoms with Crippen molar-refractivity contribution in [3.8, 4) is 0 Å². The van der Waals surface area contributed by atoms with E-state index >= 15 is 0 Å². The van der Waals surface area contributed by atoms with E-state index in [9.17, 15) is 17.6 Å². The lowest BCUT2D eigenvalue weighted by atomic mass is 9.83. The van der Waals surface area contributed by atoms with Crippen LogP contribution in [0.15, 0.2) is 0 Å². The number of alkyl halides is 4. The molecule has 2 aliphatic carbocycles. The van der Waals surface area contributed by atoms with Gasteiger partial charge in [0, 0.05) is 6.04 Å². The van der Waals surface area contributed by atoms with Crippen molar-refractivity contribution in [2.24, 2.45) is 11.1 Å². The monoisotopic (exact) mass is 233 g/mol. The SMILES string of the molecule is Cl.NC1CCC2(CC1)C(F)(F)C2(F)F. The Morgan fingerprint density at radius 3 is 1.57 bits per heavy atom. The maximum Gasteiger partial charge on any atom is 0.322 e. The van der Waals surface area contributed by atoms with Crippen molar-refractivity contribution in [2.45, 2.75) is 43.6 Å². The second kappa shape index (κ2) is 2.98. The summed E-state index contributed by atoms with van der Waals surface area (Å²) in [6.45, 7) is 0. The normalized spacial score (nSPS) is 32.4.